The first-order chi connectivity index (χ1) is 19.7. The SMILES string of the molecule is COc1ccc(CN(c2cccc(F)n2)S(=O)(=O)c2c(F)cc(N3CCC(CO)(C(F)(F)F)C3)c(Cl)c2F)c(OC)c1. The minimum atomic E-state index is -5.24. The summed E-state index contributed by atoms with van der Waals surface area (Å²) in [5.74, 6) is -4.58. The van der Waals surface area contributed by atoms with Gasteiger partial charge in [-0.15, -0.1) is 0 Å². The minimum absolute atomic E-state index is 0.131. The molecule has 2 heterocycles. The molecule has 1 unspecified atom stereocenters. The summed E-state index contributed by atoms with van der Waals surface area (Å²) in [5, 5.41) is 8.50. The van der Waals surface area contributed by atoms with Gasteiger partial charge in [0.25, 0.3) is 10.0 Å². The van der Waals surface area contributed by atoms with Crippen LogP contribution in [0.25, 0.3) is 0 Å². The second kappa shape index (κ2) is 11.7. The summed E-state index contributed by atoms with van der Waals surface area (Å²) >= 11 is 6.10. The average Bonchev–Trinajstić information content (AvgIpc) is 3.39. The summed E-state index contributed by atoms with van der Waals surface area (Å²) in [7, 11) is -2.57. The maximum atomic E-state index is 15.7. The lowest BCUT2D eigenvalue weighted by Crippen LogP contribution is -2.43. The van der Waals surface area contributed by atoms with E-state index in [4.69, 9.17) is 21.1 Å². The zero-order valence-corrected chi connectivity index (χ0v) is 23.6. The third-order valence-corrected chi connectivity index (χ3v) is 9.15. The highest BCUT2D eigenvalue weighted by atomic mass is 35.5. The Labute approximate surface area is 242 Å². The number of sulfonamides is 1. The Morgan fingerprint density at radius 3 is 2.40 bits per heavy atom. The first kappa shape index (κ1) is 31.5. The van der Waals surface area contributed by atoms with Crippen LogP contribution in [0.4, 0.5) is 37.8 Å². The van der Waals surface area contributed by atoms with Gasteiger partial charge < -0.3 is 19.5 Å². The molecule has 1 aliphatic rings. The molecular formula is C26H24ClF6N3O5S. The van der Waals surface area contributed by atoms with E-state index in [0.29, 0.717) is 16.1 Å². The number of aliphatic hydroxyl groups excluding tert-OH is 1. The van der Waals surface area contributed by atoms with Crippen LogP contribution >= 0.6 is 11.6 Å². The highest BCUT2D eigenvalue weighted by molar-refractivity contribution is 7.92. The lowest BCUT2D eigenvalue weighted by atomic mass is 9.87. The van der Waals surface area contributed by atoms with E-state index in [2.05, 4.69) is 4.98 Å². The Kier molecular flexibility index (Phi) is 8.77. The van der Waals surface area contributed by atoms with Gasteiger partial charge in [-0.2, -0.15) is 17.6 Å². The number of hydrogen-bond acceptors (Lipinski definition) is 7. The predicted molar refractivity (Wildman–Crippen MR) is 141 cm³/mol. The van der Waals surface area contributed by atoms with Crippen molar-refractivity contribution in [1.82, 2.24) is 4.98 Å². The number of methoxy groups -OCH3 is 2. The van der Waals surface area contributed by atoms with Gasteiger partial charge in [-0.05, 0) is 30.7 Å². The van der Waals surface area contributed by atoms with Crippen LogP contribution in [0.2, 0.25) is 5.02 Å². The molecule has 1 N–H and O–H groups in total. The maximum Gasteiger partial charge on any atom is 0.398 e. The molecule has 1 atom stereocenters. The van der Waals surface area contributed by atoms with Gasteiger partial charge >= 0.3 is 6.18 Å². The highest BCUT2D eigenvalue weighted by Crippen LogP contribution is 2.48. The van der Waals surface area contributed by atoms with Gasteiger partial charge in [0.1, 0.15) is 33.6 Å². The fraction of sp³-hybridized carbons (Fsp3) is 0.346. The highest BCUT2D eigenvalue weighted by Gasteiger charge is 2.58. The summed E-state index contributed by atoms with van der Waals surface area (Å²) in [6, 6.07) is 7.98. The number of anilines is 2. The fourth-order valence-corrected chi connectivity index (χ4v) is 6.47. The molecule has 3 aromatic rings. The number of aliphatic hydroxyl groups is 1. The molecule has 0 saturated carbocycles. The second-order valence-corrected chi connectivity index (χ2v) is 11.6. The molecule has 0 aliphatic carbocycles. The van der Waals surface area contributed by atoms with Gasteiger partial charge in [-0.25, -0.2) is 26.5 Å². The van der Waals surface area contributed by atoms with Gasteiger partial charge in [0.2, 0.25) is 5.95 Å². The van der Waals surface area contributed by atoms with E-state index >= 15 is 8.78 Å². The molecule has 8 nitrogen and oxygen atoms in total. The third kappa shape index (κ3) is 5.64. The molecule has 16 heteroatoms. The predicted octanol–water partition coefficient (Wildman–Crippen LogP) is 5.32. The molecule has 1 aliphatic heterocycles. The van der Waals surface area contributed by atoms with E-state index in [0.717, 1.165) is 23.1 Å². The first-order valence-electron chi connectivity index (χ1n) is 12.2. The molecule has 4 rings (SSSR count). The number of nitrogens with zero attached hydrogens (tertiary/aromatic N) is 3. The summed E-state index contributed by atoms with van der Waals surface area (Å²) in [4.78, 5) is 2.95. The average molecular weight is 640 g/mol. The molecule has 0 radical (unpaired) electrons. The van der Waals surface area contributed by atoms with Crippen molar-refractivity contribution in [3.63, 3.8) is 0 Å². The quantitative estimate of drug-likeness (QED) is 0.193. The number of benzene rings is 2. The molecule has 228 valence electrons. The fourth-order valence-electron chi connectivity index (χ4n) is 4.63. The first-order valence-corrected chi connectivity index (χ1v) is 14.0. The van der Waals surface area contributed by atoms with E-state index in [-0.39, 0.29) is 17.9 Å². The van der Waals surface area contributed by atoms with Crippen LogP contribution in [-0.2, 0) is 16.6 Å². The van der Waals surface area contributed by atoms with Gasteiger partial charge in [0.15, 0.2) is 10.7 Å². The summed E-state index contributed by atoms with van der Waals surface area (Å²) in [6.07, 6.45) is -5.42. The van der Waals surface area contributed by atoms with Crippen molar-refractivity contribution < 1.29 is 49.3 Å². The maximum absolute atomic E-state index is 15.7. The normalized spacial score (nSPS) is 17.4. The Morgan fingerprint density at radius 1 is 1.12 bits per heavy atom. The van der Waals surface area contributed by atoms with Crippen LogP contribution in [0.3, 0.4) is 0 Å². The molecule has 0 bridgehead atoms. The van der Waals surface area contributed by atoms with Crippen molar-refractivity contribution in [2.75, 3.05) is 43.1 Å². The number of rotatable bonds is 9. The van der Waals surface area contributed by atoms with Crippen molar-refractivity contribution >= 4 is 33.1 Å². The van der Waals surface area contributed by atoms with Crippen molar-refractivity contribution in [3.05, 3.63) is 70.6 Å². The largest absolute Gasteiger partial charge is 0.497 e. The molecular weight excluding hydrogens is 616 g/mol. The van der Waals surface area contributed by atoms with E-state index < -0.39 is 86.7 Å². The number of pyridine rings is 1. The van der Waals surface area contributed by atoms with E-state index in [1.165, 1.54) is 32.4 Å². The zero-order chi connectivity index (χ0) is 31.0. The van der Waals surface area contributed by atoms with E-state index in [1.54, 1.807) is 0 Å². The smallest absolute Gasteiger partial charge is 0.398 e. The lowest BCUT2D eigenvalue weighted by molar-refractivity contribution is -0.227. The molecule has 42 heavy (non-hydrogen) atoms. The van der Waals surface area contributed by atoms with E-state index in [1.807, 2.05) is 0 Å². The Bertz CT molecular complexity index is 1590. The van der Waals surface area contributed by atoms with Crippen molar-refractivity contribution in [2.24, 2.45) is 5.41 Å². The number of hydrogen-bond donors (Lipinski definition) is 1. The Morgan fingerprint density at radius 2 is 1.83 bits per heavy atom. The molecule has 1 aromatic heterocycles. The molecule has 0 spiro atoms. The van der Waals surface area contributed by atoms with Crippen LogP contribution < -0.4 is 18.7 Å². The van der Waals surface area contributed by atoms with Gasteiger partial charge in [-0.3, -0.25) is 0 Å². The van der Waals surface area contributed by atoms with Gasteiger partial charge in [0, 0.05) is 30.8 Å². The zero-order valence-electron chi connectivity index (χ0n) is 22.1. The Balaban J connectivity index is 1.82. The molecule has 2 aromatic carbocycles. The third-order valence-electron chi connectivity index (χ3n) is 7.01. The van der Waals surface area contributed by atoms with Crippen molar-refractivity contribution in [1.29, 1.82) is 0 Å². The van der Waals surface area contributed by atoms with Crippen molar-refractivity contribution in [2.45, 2.75) is 24.0 Å². The molecule has 1 saturated heterocycles. The summed E-state index contributed by atoms with van der Waals surface area (Å²) in [6.45, 7) is -3.15. The minimum Gasteiger partial charge on any atom is -0.497 e. The van der Waals surface area contributed by atoms with Crippen LogP contribution in [0.15, 0.2) is 47.4 Å². The summed E-state index contributed by atoms with van der Waals surface area (Å²) < 4.78 is 125. The summed E-state index contributed by atoms with van der Waals surface area (Å²) in [5.41, 5.74) is -2.91. The van der Waals surface area contributed by atoms with Crippen LogP contribution in [0.1, 0.15) is 12.0 Å². The van der Waals surface area contributed by atoms with Gasteiger partial charge in [-0.1, -0.05) is 17.7 Å². The number of halogens is 7. The number of ether oxygens (including phenoxy) is 2. The molecule has 0 amide bonds. The Hall–Kier alpha value is -3.43. The number of aromatic nitrogens is 1. The lowest BCUT2D eigenvalue weighted by Gasteiger charge is -2.30. The van der Waals surface area contributed by atoms with Crippen LogP contribution in [0, 0.1) is 23.0 Å². The molecule has 1 fully saturated rings. The van der Waals surface area contributed by atoms with Crippen LogP contribution in [0.5, 0.6) is 11.5 Å². The van der Waals surface area contributed by atoms with Crippen molar-refractivity contribution in [3.8, 4) is 11.5 Å². The van der Waals surface area contributed by atoms with E-state index in [9.17, 15) is 31.1 Å². The second-order valence-electron chi connectivity index (χ2n) is 9.45. The number of alkyl halides is 3. The monoisotopic (exact) mass is 639 g/mol. The van der Waals surface area contributed by atoms with Crippen LogP contribution in [-0.4, -0.2) is 58.6 Å². The topological polar surface area (TPSA) is 92.2 Å². The van der Waals surface area contributed by atoms with Gasteiger partial charge in [0.05, 0.1) is 33.1 Å². The standard InChI is InChI=1S/C26H24ClF6N3O5S/c1-40-16-7-6-15(19(10-16)41-2)12-36(21-5-3-4-20(29)34-21)42(38,39)24-17(28)11-18(22(27)23(24)30)35-9-8-25(13-35,14-37)26(31,32)33/h3-7,10-11,37H,8-9,12-14H2,1-2H3.